The van der Waals surface area contributed by atoms with Crippen LogP contribution in [-0.4, -0.2) is 69.7 Å². The number of sulfone groups is 1. The monoisotopic (exact) mass is 567 g/mol. The second-order valence-corrected chi connectivity index (χ2v) is 11.6. The topological polar surface area (TPSA) is 153 Å². The summed E-state index contributed by atoms with van der Waals surface area (Å²) >= 11 is 0. The highest BCUT2D eigenvalue weighted by Crippen LogP contribution is 2.39. The average molecular weight is 568 g/mol. The number of rotatable bonds is 10. The number of fused-ring (bicyclic) bond motifs is 1. The molecule has 0 N–H and O–H groups in total. The van der Waals surface area contributed by atoms with Crippen molar-refractivity contribution in [2.24, 2.45) is 0 Å². The van der Waals surface area contributed by atoms with Crippen LogP contribution < -0.4 is 14.2 Å². The van der Waals surface area contributed by atoms with Gasteiger partial charge in [-0.2, -0.15) is 9.97 Å². The van der Waals surface area contributed by atoms with Gasteiger partial charge in [-0.25, -0.2) is 18.4 Å². The van der Waals surface area contributed by atoms with Gasteiger partial charge in [-0.1, -0.05) is 18.2 Å². The number of benzene rings is 1. The van der Waals surface area contributed by atoms with Gasteiger partial charge in [0.05, 0.1) is 19.5 Å². The summed E-state index contributed by atoms with van der Waals surface area (Å²) in [5, 5.41) is 7.67. The molecule has 0 fully saturated rings. The fraction of sp³-hybridized carbons (Fsp3) is 0.385. The number of hydrogen-bond donors (Lipinski definition) is 0. The standard InChI is InChI=1S/C26H29N7O6S/c1-15-11-27-23(28-12-15)22(36-3)16(2)40(34,35)13-20-31-32-24(19-10-17-8-6-7-9-18(17)39-19)33(20)21-25(37-4)29-14-30-26(21)38-5/h6-9,11-12,14,16,19,22H,10,13H2,1-5H3/t16-,19+,22-/m0/s1. The molecule has 4 aromatic rings. The van der Waals surface area contributed by atoms with Crippen LogP contribution in [0.3, 0.4) is 0 Å². The number of ether oxygens (including phenoxy) is 4. The Morgan fingerprint density at radius 2 is 1.70 bits per heavy atom. The molecular weight excluding hydrogens is 538 g/mol. The number of aryl methyl sites for hydroxylation is 1. The molecule has 3 aromatic heterocycles. The van der Waals surface area contributed by atoms with E-state index in [1.54, 1.807) is 23.9 Å². The fourth-order valence-electron chi connectivity index (χ4n) is 4.60. The first-order valence-corrected chi connectivity index (χ1v) is 14.1. The summed E-state index contributed by atoms with van der Waals surface area (Å²) in [6, 6.07) is 7.64. The summed E-state index contributed by atoms with van der Waals surface area (Å²) in [6.07, 6.45) is 3.57. The lowest BCUT2D eigenvalue weighted by atomic mass is 10.1. The van der Waals surface area contributed by atoms with Crippen molar-refractivity contribution in [1.29, 1.82) is 0 Å². The van der Waals surface area contributed by atoms with E-state index in [-0.39, 0.29) is 29.1 Å². The normalized spacial score (nSPS) is 16.2. The predicted molar refractivity (Wildman–Crippen MR) is 142 cm³/mol. The van der Waals surface area contributed by atoms with Gasteiger partial charge in [-0.15, -0.1) is 10.2 Å². The van der Waals surface area contributed by atoms with Crippen molar-refractivity contribution < 1.29 is 27.4 Å². The lowest BCUT2D eigenvalue weighted by molar-refractivity contribution is 0.0947. The van der Waals surface area contributed by atoms with Gasteiger partial charge >= 0.3 is 0 Å². The van der Waals surface area contributed by atoms with E-state index in [0.29, 0.717) is 18.0 Å². The number of methoxy groups -OCH3 is 3. The Bertz CT molecular complexity index is 1560. The van der Waals surface area contributed by atoms with Gasteiger partial charge in [0.2, 0.25) is 11.8 Å². The molecule has 0 saturated carbocycles. The van der Waals surface area contributed by atoms with Gasteiger partial charge in [-0.3, -0.25) is 4.57 Å². The van der Waals surface area contributed by atoms with E-state index in [1.807, 2.05) is 31.2 Å². The zero-order valence-electron chi connectivity index (χ0n) is 22.7. The van der Waals surface area contributed by atoms with Crippen molar-refractivity contribution in [3.63, 3.8) is 0 Å². The minimum Gasteiger partial charge on any atom is -0.482 e. The van der Waals surface area contributed by atoms with Crippen LogP contribution in [0.2, 0.25) is 0 Å². The molecule has 1 aliphatic rings. The molecule has 0 radical (unpaired) electrons. The quantitative estimate of drug-likeness (QED) is 0.277. The Morgan fingerprint density at radius 3 is 2.33 bits per heavy atom. The van der Waals surface area contributed by atoms with Crippen molar-refractivity contribution in [3.8, 4) is 23.2 Å². The third-order valence-corrected chi connectivity index (χ3v) is 8.73. The largest absolute Gasteiger partial charge is 0.482 e. The van der Waals surface area contributed by atoms with Crippen molar-refractivity contribution in [1.82, 2.24) is 34.7 Å². The molecule has 5 rings (SSSR count). The van der Waals surface area contributed by atoms with E-state index in [0.717, 1.165) is 11.1 Å². The lowest BCUT2D eigenvalue weighted by Crippen LogP contribution is -2.30. The summed E-state index contributed by atoms with van der Waals surface area (Å²) in [5.74, 6) is 1.25. The highest BCUT2D eigenvalue weighted by molar-refractivity contribution is 7.91. The maximum Gasteiger partial charge on any atom is 0.245 e. The van der Waals surface area contributed by atoms with Gasteiger partial charge in [0.25, 0.3) is 0 Å². The molecular formula is C26H29N7O6S. The van der Waals surface area contributed by atoms with Crippen molar-refractivity contribution in [3.05, 3.63) is 71.6 Å². The van der Waals surface area contributed by atoms with Crippen molar-refractivity contribution in [2.45, 2.75) is 43.5 Å². The van der Waals surface area contributed by atoms with Crippen LogP contribution in [0.15, 0.2) is 43.0 Å². The molecule has 0 bridgehead atoms. The summed E-state index contributed by atoms with van der Waals surface area (Å²) in [6.45, 7) is 3.40. The molecule has 0 unspecified atom stereocenters. The van der Waals surface area contributed by atoms with E-state index < -0.39 is 33.0 Å². The van der Waals surface area contributed by atoms with Crippen LogP contribution in [0.4, 0.5) is 0 Å². The van der Waals surface area contributed by atoms with Crippen LogP contribution >= 0.6 is 0 Å². The summed E-state index contributed by atoms with van der Waals surface area (Å²) in [7, 11) is 0.405. The summed E-state index contributed by atoms with van der Waals surface area (Å²) in [4.78, 5) is 17.0. The fourth-order valence-corrected chi connectivity index (χ4v) is 6.01. The molecule has 0 amide bonds. The average Bonchev–Trinajstić information content (AvgIpc) is 3.57. The summed E-state index contributed by atoms with van der Waals surface area (Å²) in [5.41, 5.74) is 2.10. The molecule has 1 aromatic carbocycles. The van der Waals surface area contributed by atoms with Gasteiger partial charge in [0, 0.05) is 25.9 Å². The number of hydrogen-bond acceptors (Lipinski definition) is 12. The Morgan fingerprint density at radius 1 is 1.02 bits per heavy atom. The van der Waals surface area contributed by atoms with Crippen LogP contribution in [-0.2, 0) is 26.7 Å². The zero-order valence-corrected chi connectivity index (χ0v) is 23.5. The highest BCUT2D eigenvalue weighted by atomic mass is 32.2. The van der Waals surface area contributed by atoms with Crippen molar-refractivity contribution >= 4 is 9.84 Å². The Kier molecular flexibility index (Phi) is 7.63. The first kappa shape index (κ1) is 27.4. The van der Waals surface area contributed by atoms with Gasteiger partial charge in [-0.05, 0) is 31.0 Å². The van der Waals surface area contributed by atoms with E-state index in [2.05, 4.69) is 30.1 Å². The maximum atomic E-state index is 13.8. The number of aromatic nitrogens is 7. The SMILES string of the molecule is COc1ncnc(OC)c1-n1c(CS(=O)(=O)[C@@H](C)[C@H](OC)c2ncc(C)cn2)nnc1[C@H]1Cc2ccccc2O1. The minimum absolute atomic E-state index is 0.104. The second-order valence-electron chi connectivity index (χ2n) is 9.26. The van der Waals surface area contributed by atoms with E-state index >= 15 is 0 Å². The molecule has 1 aliphatic heterocycles. The molecule has 13 nitrogen and oxygen atoms in total. The van der Waals surface area contributed by atoms with Gasteiger partial charge < -0.3 is 18.9 Å². The molecule has 210 valence electrons. The van der Waals surface area contributed by atoms with Crippen molar-refractivity contribution in [2.75, 3.05) is 21.3 Å². The summed E-state index contributed by atoms with van der Waals surface area (Å²) < 4.78 is 51.9. The number of nitrogens with zero attached hydrogens (tertiary/aromatic N) is 7. The first-order valence-electron chi connectivity index (χ1n) is 12.4. The Labute approximate surface area is 231 Å². The number of para-hydroxylation sites is 1. The molecule has 0 saturated heterocycles. The third-order valence-electron chi connectivity index (χ3n) is 6.69. The smallest absolute Gasteiger partial charge is 0.245 e. The minimum atomic E-state index is -3.91. The molecule has 0 aliphatic carbocycles. The van der Waals surface area contributed by atoms with Gasteiger partial charge in [0.1, 0.15) is 23.9 Å². The highest BCUT2D eigenvalue weighted by Gasteiger charge is 2.37. The molecule has 40 heavy (non-hydrogen) atoms. The van der Waals surface area contributed by atoms with E-state index in [9.17, 15) is 8.42 Å². The molecule has 0 spiro atoms. The van der Waals surface area contributed by atoms with Crippen LogP contribution in [0.5, 0.6) is 17.5 Å². The Balaban J connectivity index is 1.58. The third kappa shape index (κ3) is 5.07. The van der Waals surface area contributed by atoms with Crippen LogP contribution in [0.25, 0.3) is 5.69 Å². The second kappa shape index (κ2) is 11.1. The predicted octanol–water partition coefficient (Wildman–Crippen LogP) is 2.54. The first-order chi connectivity index (χ1) is 19.3. The maximum absolute atomic E-state index is 13.8. The van der Waals surface area contributed by atoms with Crippen LogP contribution in [0.1, 0.15) is 47.7 Å². The molecule has 3 atom stereocenters. The zero-order chi connectivity index (χ0) is 28.4. The van der Waals surface area contributed by atoms with E-state index in [1.165, 1.54) is 27.7 Å². The van der Waals surface area contributed by atoms with Crippen LogP contribution in [0, 0.1) is 6.92 Å². The van der Waals surface area contributed by atoms with Gasteiger partial charge in [0.15, 0.2) is 39.1 Å². The lowest BCUT2D eigenvalue weighted by Gasteiger charge is -2.22. The van der Waals surface area contributed by atoms with E-state index in [4.69, 9.17) is 18.9 Å². The Hall–Kier alpha value is -4.17. The molecule has 4 heterocycles. The molecule has 14 heteroatoms.